The van der Waals surface area contributed by atoms with Crippen LogP contribution in [0.1, 0.15) is 11.1 Å². The zero-order valence-corrected chi connectivity index (χ0v) is 9.83. The molecule has 1 aromatic carbocycles. The molecular weight excluding hydrogens is 258 g/mol. The summed E-state index contributed by atoms with van der Waals surface area (Å²) in [4.78, 5) is 12.6. The second-order valence-corrected chi connectivity index (χ2v) is 4.59. The molecule has 0 saturated heterocycles. The van der Waals surface area contributed by atoms with Crippen LogP contribution in [0.15, 0.2) is 22.7 Å². The first-order valence-corrected chi connectivity index (χ1v) is 5.66. The molecule has 15 heavy (non-hydrogen) atoms. The van der Waals surface area contributed by atoms with E-state index in [1.54, 1.807) is 0 Å². The molecule has 0 atom stereocenters. The molecule has 2 rings (SSSR count). The number of rotatable bonds is 2. The number of hydrogen-bond acceptors (Lipinski definition) is 2. The second-order valence-electron chi connectivity index (χ2n) is 3.73. The van der Waals surface area contributed by atoms with Crippen molar-refractivity contribution in [3.8, 4) is 0 Å². The molecule has 0 fully saturated rings. The molecule has 80 valence electrons. The zero-order valence-electron chi connectivity index (χ0n) is 8.24. The number of hydrogen-bond donors (Lipinski definition) is 1. The fraction of sp³-hybridized carbons (Fsp3) is 0.364. The highest BCUT2D eigenvalue weighted by Crippen LogP contribution is 2.25. The predicted molar refractivity (Wildman–Crippen MR) is 60.8 cm³/mol. The second kappa shape index (κ2) is 4.33. The molecule has 1 aliphatic heterocycles. The van der Waals surface area contributed by atoms with E-state index in [4.69, 9.17) is 5.11 Å². The first-order chi connectivity index (χ1) is 7.16. The molecule has 0 unspecified atom stereocenters. The van der Waals surface area contributed by atoms with Crippen LogP contribution >= 0.6 is 15.9 Å². The normalized spacial score (nSPS) is 16.1. The van der Waals surface area contributed by atoms with E-state index in [2.05, 4.69) is 22.0 Å². The molecular formula is C11H12BrNO2. The molecule has 4 heteroatoms. The maximum atomic E-state index is 10.6. The number of fused-ring (bicyclic) bond motifs is 1. The van der Waals surface area contributed by atoms with Crippen LogP contribution in [0.25, 0.3) is 0 Å². The smallest absolute Gasteiger partial charge is 0.317 e. The molecule has 0 saturated carbocycles. The summed E-state index contributed by atoms with van der Waals surface area (Å²) in [6.07, 6.45) is 0.921. The molecule has 0 radical (unpaired) electrons. The van der Waals surface area contributed by atoms with Crippen molar-refractivity contribution < 1.29 is 9.90 Å². The van der Waals surface area contributed by atoms with Gasteiger partial charge in [0.1, 0.15) is 0 Å². The fourth-order valence-corrected chi connectivity index (χ4v) is 2.55. The molecule has 0 aliphatic carbocycles. The largest absolute Gasteiger partial charge is 0.480 e. The Bertz CT molecular complexity index is 392. The average Bonchev–Trinajstić information content (AvgIpc) is 2.17. The minimum Gasteiger partial charge on any atom is -0.480 e. The van der Waals surface area contributed by atoms with Gasteiger partial charge in [0, 0.05) is 17.6 Å². The van der Waals surface area contributed by atoms with Crippen molar-refractivity contribution in [1.29, 1.82) is 0 Å². The summed E-state index contributed by atoms with van der Waals surface area (Å²) >= 11 is 3.52. The van der Waals surface area contributed by atoms with E-state index >= 15 is 0 Å². The minimum atomic E-state index is -0.756. The van der Waals surface area contributed by atoms with Crippen molar-refractivity contribution in [3.05, 3.63) is 33.8 Å². The number of carbonyl (C=O) groups is 1. The molecule has 1 heterocycles. The lowest BCUT2D eigenvalue weighted by Crippen LogP contribution is -2.34. The lowest BCUT2D eigenvalue weighted by Gasteiger charge is -2.27. The van der Waals surface area contributed by atoms with Crippen LogP contribution in [0.4, 0.5) is 0 Å². The Balaban J connectivity index is 2.17. The van der Waals surface area contributed by atoms with Crippen molar-refractivity contribution in [3.63, 3.8) is 0 Å². The molecule has 0 amide bonds. The fourth-order valence-electron chi connectivity index (χ4n) is 1.95. The SMILES string of the molecule is O=C(O)CN1CCc2c(Br)cccc2C1. The van der Waals surface area contributed by atoms with Crippen molar-refractivity contribution >= 4 is 21.9 Å². The minimum absolute atomic E-state index is 0.131. The molecule has 0 aromatic heterocycles. The third-order valence-corrected chi connectivity index (χ3v) is 3.39. The Morgan fingerprint density at radius 2 is 2.33 bits per heavy atom. The van der Waals surface area contributed by atoms with Gasteiger partial charge in [0.15, 0.2) is 0 Å². The van der Waals surface area contributed by atoms with Crippen LogP contribution in [0.2, 0.25) is 0 Å². The number of aliphatic carboxylic acids is 1. The lowest BCUT2D eigenvalue weighted by atomic mass is 10.00. The maximum Gasteiger partial charge on any atom is 0.317 e. The van der Waals surface area contributed by atoms with Gasteiger partial charge in [0.05, 0.1) is 6.54 Å². The quantitative estimate of drug-likeness (QED) is 0.892. The van der Waals surface area contributed by atoms with E-state index in [1.807, 2.05) is 17.0 Å². The first kappa shape index (κ1) is 10.6. The molecule has 0 spiro atoms. The predicted octanol–water partition coefficient (Wildman–Crippen LogP) is 1.89. The Morgan fingerprint density at radius 3 is 3.07 bits per heavy atom. The third kappa shape index (κ3) is 2.38. The van der Waals surface area contributed by atoms with Crippen LogP contribution in [0.5, 0.6) is 0 Å². The highest BCUT2D eigenvalue weighted by atomic mass is 79.9. The average molecular weight is 270 g/mol. The highest BCUT2D eigenvalue weighted by Gasteiger charge is 2.19. The summed E-state index contributed by atoms with van der Waals surface area (Å²) < 4.78 is 1.13. The van der Waals surface area contributed by atoms with Crippen LogP contribution in [0, 0.1) is 0 Å². The van der Waals surface area contributed by atoms with E-state index in [0.29, 0.717) is 0 Å². The summed E-state index contributed by atoms with van der Waals surface area (Å²) in [6, 6.07) is 6.09. The number of nitrogens with zero attached hydrogens (tertiary/aromatic N) is 1. The summed E-state index contributed by atoms with van der Waals surface area (Å²) in [5.74, 6) is -0.756. The topological polar surface area (TPSA) is 40.5 Å². The lowest BCUT2D eigenvalue weighted by molar-refractivity contribution is -0.138. The number of carboxylic acid groups (broad SMARTS) is 1. The van der Waals surface area contributed by atoms with Gasteiger partial charge in [-0.3, -0.25) is 9.69 Å². The summed E-state index contributed by atoms with van der Waals surface area (Å²) in [7, 11) is 0. The van der Waals surface area contributed by atoms with Crippen LogP contribution in [0.3, 0.4) is 0 Å². The van der Waals surface area contributed by atoms with Gasteiger partial charge in [-0.2, -0.15) is 0 Å². The Morgan fingerprint density at radius 1 is 1.53 bits per heavy atom. The summed E-state index contributed by atoms with van der Waals surface area (Å²) in [5.41, 5.74) is 2.55. The van der Waals surface area contributed by atoms with Crippen molar-refractivity contribution in [2.45, 2.75) is 13.0 Å². The van der Waals surface area contributed by atoms with E-state index < -0.39 is 5.97 Å². The van der Waals surface area contributed by atoms with Gasteiger partial charge >= 0.3 is 5.97 Å². The van der Waals surface area contributed by atoms with Gasteiger partial charge in [-0.1, -0.05) is 28.1 Å². The standard InChI is InChI=1S/C11H12BrNO2/c12-10-3-1-2-8-6-13(7-11(14)15)5-4-9(8)10/h1-3H,4-7H2,(H,14,15). The van der Waals surface area contributed by atoms with Crippen LogP contribution < -0.4 is 0 Å². The third-order valence-electron chi connectivity index (χ3n) is 2.65. The van der Waals surface area contributed by atoms with E-state index in [-0.39, 0.29) is 6.54 Å². The highest BCUT2D eigenvalue weighted by molar-refractivity contribution is 9.10. The zero-order chi connectivity index (χ0) is 10.8. The Kier molecular flexibility index (Phi) is 3.07. The van der Waals surface area contributed by atoms with Gasteiger partial charge in [-0.05, 0) is 23.6 Å². The van der Waals surface area contributed by atoms with Crippen LogP contribution in [-0.4, -0.2) is 29.1 Å². The van der Waals surface area contributed by atoms with Crippen molar-refractivity contribution in [2.24, 2.45) is 0 Å². The first-order valence-electron chi connectivity index (χ1n) is 4.87. The van der Waals surface area contributed by atoms with Gasteiger partial charge in [0.2, 0.25) is 0 Å². The van der Waals surface area contributed by atoms with Gasteiger partial charge in [-0.25, -0.2) is 0 Å². The van der Waals surface area contributed by atoms with E-state index in [9.17, 15) is 4.79 Å². The molecule has 1 N–H and O–H groups in total. The van der Waals surface area contributed by atoms with E-state index in [0.717, 1.165) is 24.0 Å². The molecule has 1 aliphatic rings. The van der Waals surface area contributed by atoms with E-state index in [1.165, 1.54) is 11.1 Å². The molecule has 3 nitrogen and oxygen atoms in total. The summed E-state index contributed by atoms with van der Waals surface area (Å²) in [6.45, 7) is 1.69. The Labute approximate surface area is 96.8 Å². The van der Waals surface area contributed by atoms with Gasteiger partial charge in [0.25, 0.3) is 0 Å². The Hall–Kier alpha value is -0.870. The van der Waals surface area contributed by atoms with Crippen LogP contribution in [-0.2, 0) is 17.8 Å². The van der Waals surface area contributed by atoms with Gasteiger partial charge in [-0.15, -0.1) is 0 Å². The monoisotopic (exact) mass is 269 g/mol. The van der Waals surface area contributed by atoms with Gasteiger partial charge < -0.3 is 5.11 Å². The number of halogens is 1. The maximum absolute atomic E-state index is 10.6. The van der Waals surface area contributed by atoms with Crippen molar-refractivity contribution in [2.75, 3.05) is 13.1 Å². The summed E-state index contributed by atoms with van der Waals surface area (Å²) in [5, 5.41) is 8.72. The number of benzene rings is 1. The van der Waals surface area contributed by atoms with Crippen molar-refractivity contribution in [1.82, 2.24) is 4.90 Å². The number of carboxylic acids is 1. The molecule has 1 aromatic rings. The molecule has 0 bridgehead atoms.